The van der Waals surface area contributed by atoms with Crippen LogP contribution in [0.25, 0.3) is 0 Å². The van der Waals surface area contributed by atoms with Crippen LogP contribution in [0.15, 0.2) is 24.4 Å². The van der Waals surface area contributed by atoms with E-state index in [0.717, 1.165) is 32.2 Å². The van der Waals surface area contributed by atoms with Gasteiger partial charge in [0.1, 0.15) is 0 Å². The van der Waals surface area contributed by atoms with Crippen molar-refractivity contribution in [1.29, 1.82) is 0 Å². The Hall–Kier alpha value is -0.970. The highest BCUT2D eigenvalue weighted by Gasteiger charge is 2.34. The summed E-state index contributed by atoms with van der Waals surface area (Å²) in [5.74, 6) is 0.814. The van der Waals surface area contributed by atoms with E-state index >= 15 is 0 Å². The Balaban J connectivity index is 1.58. The molecule has 3 saturated heterocycles. The molecule has 4 heterocycles. The van der Waals surface area contributed by atoms with E-state index in [-0.39, 0.29) is 0 Å². The van der Waals surface area contributed by atoms with E-state index in [1.807, 2.05) is 12.3 Å². The first kappa shape index (κ1) is 14.9. The Bertz CT molecular complexity index is 425. The van der Waals surface area contributed by atoms with Crippen LogP contribution in [0, 0.1) is 5.92 Å². The zero-order valence-corrected chi connectivity index (χ0v) is 13.1. The molecular weight excluding hydrogens is 262 g/mol. The third-order valence-electron chi connectivity index (χ3n) is 4.74. The molecule has 2 atom stereocenters. The molecule has 2 bridgehead atoms. The molecule has 0 aliphatic carbocycles. The number of hydrogen-bond acceptors (Lipinski definition) is 4. The van der Waals surface area contributed by atoms with E-state index < -0.39 is 0 Å². The summed E-state index contributed by atoms with van der Waals surface area (Å²) in [6, 6.07) is 6.92. The fraction of sp³-hybridized carbons (Fsp3) is 0.706. The standard InChI is InChI=1S/C17H27N3O/c1-2-21-10-9-20-12-15-6-7-17(20)14-19(11-15)13-16-5-3-4-8-18-16/h3-5,8,15,17H,2,6-7,9-14H2,1H3/t15-,17+/m0/s1. The summed E-state index contributed by atoms with van der Waals surface area (Å²) in [5.41, 5.74) is 1.19. The fourth-order valence-corrected chi connectivity index (χ4v) is 3.73. The maximum Gasteiger partial charge on any atom is 0.0593 e. The van der Waals surface area contributed by atoms with Crippen LogP contribution in [0.3, 0.4) is 0 Å². The number of nitrogens with zero attached hydrogens (tertiary/aromatic N) is 3. The monoisotopic (exact) mass is 289 g/mol. The molecule has 3 aliphatic heterocycles. The summed E-state index contributed by atoms with van der Waals surface area (Å²) in [4.78, 5) is 9.74. The molecule has 0 spiro atoms. The second-order valence-corrected chi connectivity index (χ2v) is 6.30. The number of piperidine rings is 1. The number of fused-ring (bicyclic) bond motifs is 4. The highest BCUT2D eigenvalue weighted by atomic mass is 16.5. The van der Waals surface area contributed by atoms with Crippen LogP contribution in [-0.4, -0.2) is 60.2 Å². The third-order valence-corrected chi connectivity index (χ3v) is 4.74. The lowest BCUT2D eigenvalue weighted by molar-refractivity contribution is 0.0704. The first-order chi connectivity index (χ1) is 10.3. The minimum Gasteiger partial charge on any atom is -0.380 e. The van der Waals surface area contributed by atoms with E-state index in [0.29, 0.717) is 6.04 Å². The Labute approximate surface area is 128 Å². The average molecular weight is 289 g/mol. The van der Waals surface area contributed by atoms with Crippen LogP contribution in [0.5, 0.6) is 0 Å². The molecule has 116 valence electrons. The molecule has 0 N–H and O–H groups in total. The first-order valence-corrected chi connectivity index (χ1v) is 8.29. The largest absolute Gasteiger partial charge is 0.380 e. The summed E-state index contributed by atoms with van der Waals surface area (Å²) in [5, 5.41) is 0. The molecule has 3 aliphatic rings. The molecule has 0 saturated carbocycles. The summed E-state index contributed by atoms with van der Waals surface area (Å²) >= 11 is 0. The molecule has 0 amide bonds. The summed E-state index contributed by atoms with van der Waals surface area (Å²) < 4.78 is 5.54. The number of hydrogen-bond donors (Lipinski definition) is 0. The number of rotatable bonds is 6. The number of aromatic nitrogens is 1. The zero-order chi connectivity index (χ0) is 14.5. The van der Waals surface area contributed by atoms with E-state index in [9.17, 15) is 0 Å². The van der Waals surface area contributed by atoms with Crippen LogP contribution >= 0.6 is 0 Å². The van der Waals surface area contributed by atoms with Crippen molar-refractivity contribution in [2.45, 2.75) is 32.4 Å². The Morgan fingerprint density at radius 3 is 3.00 bits per heavy atom. The van der Waals surface area contributed by atoms with Gasteiger partial charge >= 0.3 is 0 Å². The smallest absolute Gasteiger partial charge is 0.0593 e. The van der Waals surface area contributed by atoms with Crippen LogP contribution < -0.4 is 0 Å². The molecule has 0 unspecified atom stereocenters. The maximum absolute atomic E-state index is 5.54. The molecule has 3 fully saturated rings. The SMILES string of the molecule is CCOCCN1C[C@H]2CC[C@@H]1CN(Cc1ccccn1)C2. The highest BCUT2D eigenvalue weighted by molar-refractivity contribution is 5.04. The van der Waals surface area contributed by atoms with Crippen molar-refractivity contribution >= 4 is 0 Å². The molecule has 1 aromatic heterocycles. The molecule has 4 heteroatoms. The van der Waals surface area contributed by atoms with Gasteiger partial charge in [0.05, 0.1) is 12.3 Å². The van der Waals surface area contributed by atoms with Crippen molar-refractivity contribution in [3.8, 4) is 0 Å². The van der Waals surface area contributed by atoms with Crippen molar-refractivity contribution < 1.29 is 4.74 Å². The van der Waals surface area contributed by atoms with Crippen LogP contribution in [0.2, 0.25) is 0 Å². The number of pyridine rings is 1. The Morgan fingerprint density at radius 2 is 2.19 bits per heavy atom. The van der Waals surface area contributed by atoms with Gasteiger partial charge in [-0.2, -0.15) is 0 Å². The van der Waals surface area contributed by atoms with Gasteiger partial charge in [-0.25, -0.2) is 0 Å². The van der Waals surface area contributed by atoms with Gasteiger partial charge in [0.2, 0.25) is 0 Å². The Morgan fingerprint density at radius 1 is 1.24 bits per heavy atom. The van der Waals surface area contributed by atoms with Gasteiger partial charge in [-0.15, -0.1) is 0 Å². The second kappa shape index (κ2) is 7.34. The van der Waals surface area contributed by atoms with E-state index in [4.69, 9.17) is 4.74 Å². The predicted octanol–water partition coefficient (Wildman–Crippen LogP) is 2.01. The maximum atomic E-state index is 5.54. The van der Waals surface area contributed by atoms with Crippen molar-refractivity contribution in [1.82, 2.24) is 14.8 Å². The zero-order valence-electron chi connectivity index (χ0n) is 13.1. The van der Waals surface area contributed by atoms with Crippen molar-refractivity contribution in [3.63, 3.8) is 0 Å². The minimum atomic E-state index is 0.702. The van der Waals surface area contributed by atoms with Gasteiger partial charge in [0, 0.05) is 51.6 Å². The van der Waals surface area contributed by atoms with Crippen molar-refractivity contribution in [3.05, 3.63) is 30.1 Å². The minimum absolute atomic E-state index is 0.702. The van der Waals surface area contributed by atoms with E-state index in [2.05, 4.69) is 33.8 Å². The van der Waals surface area contributed by atoms with Gasteiger partial charge in [-0.3, -0.25) is 14.8 Å². The molecular formula is C17H27N3O. The molecule has 1 aromatic rings. The van der Waals surface area contributed by atoms with Gasteiger partial charge in [-0.1, -0.05) is 6.07 Å². The lowest BCUT2D eigenvalue weighted by Crippen LogP contribution is -2.45. The molecule has 0 aromatic carbocycles. The molecule has 4 nitrogen and oxygen atoms in total. The predicted molar refractivity (Wildman–Crippen MR) is 84.1 cm³/mol. The number of ether oxygens (including phenoxy) is 1. The van der Waals surface area contributed by atoms with Gasteiger partial charge in [-0.05, 0) is 37.8 Å². The van der Waals surface area contributed by atoms with Gasteiger partial charge in [0.25, 0.3) is 0 Å². The lowest BCUT2D eigenvalue weighted by atomic mass is 9.95. The van der Waals surface area contributed by atoms with Gasteiger partial charge in [0.15, 0.2) is 0 Å². The fourth-order valence-electron chi connectivity index (χ4n) is 3.73. The van der Waals surface area contributed by atoms with Crippen LogP contribution in [-0.2, 0) is 11.3 Å². The van der Waals surface area contributed by atoms with Gasteiger partial charge < -0.3 is 4.74 Å². The summed E-state index contributed by atoms with van der Waals surface area (Å²) in [6.07, 6.45) is 4.63. The van der Waals surface area contributed by atoms with E-state index in [1.165, 1.54) is 38.2 Å². The molecule has 21 heavy (non-hydrogen) atoms. The quantitative estimate of drug-likeness (QED) is 0.749. The highest BCUT2D eigenvalue weighted by Crippen LogP contribution is 2.28. The summed E-state index contributed by atoms with van der Waals surface area (Å²) in [7, 11) is 0. The first-order valence-electron chi connectivity index (χ1n) is 8.29. The third kappa shape index (κ3) is 4.02. The molecule has 0 radical (unpaired) electrons. The van der Waals surface area contributed by atoms with Crippen molar-refractivity contribution in [2.75, 3.05) is 39.4 Å². The van der Waals surface area contributed by atoms with Crippen LogP contribution in [0.1, 0.15) is 25.5 Å². The van der Waals surface area contributed by atoms with E-state index in [1.54, 1.807) is 0 Å². The second-order valence-electron chi connectivity index (χ2n) is 6.30. The molecule has 4 rings (SSSR count). The van der Waals surface area contributed by atoms with Crippen molar-refractivity contribution in [2.24, 2.45) is 5.92 Å². The lowest BCUT2D eigenvalue weighted by Gasteiger charge is -2.36. The normalized spacial score (nSPS) is 26.9. The summed E-state index contributed by atoms with van der Waals surface area (Å²) in [6.45, 7) is 9.50. The average Bonchev–Trinajstić information content (AvgIpc) is 2.79. The Kier molecular flexibility index (Phi) is 5.22. The van der Waals surface area contributed by atoms with Crippen LogP contribution in [0.4, 0.5) is 0 Å². The topological polar surface area (TPSA) is 28.6 Å².